The van der Waals surface area contributed by atoms with E-state index in [-0.39, 0.29) is 11.2 Å². The van der Waals surface area contributed by atoms with Gasteiger partial charge in [-0.2, -0.15) is 0 Å². The van der Waals surface area contributed by atoms with Crippen LogP contribution >= 0.6 is 11.8 Å². The van der Waals surface area contributed by atoms with Crippen LogP contribution in [0.4, 0.5) is 0 Å². The number of hydrogen-bond donors (Lipinski definition) is 1. The highest BCUT2D eigenvalue weighted by Gasteiger charge is 2.52. The fourth-order valence-electron chi connectivity index (χ4n) is 5.34. The Morgan fingerprint density at radius 1 is 1.32 bits per heavy atom. The zero-order valence-electron chi connectivity index (χ0n) is 13.2. The number of thioether (sulfide) groups is 1. The van der Waals surface area contributed by atoms with Crippen molar-refractivity contribution in [3.63, 3.8) is 0 Å². The Kier molecular flexibility index (Phi) is 3.75. The molecule has 22 heavy (non-hydrogen) atoms. The summed E-state index contributed by atoms with van der Waals surface area (Å²) in [5, 5.41) is 3.05. The normalized spacial score (nSPS) is 37.2. The van der Waals surface area contributed by atoms with Crippen molar-refractivity contribution in [2.75, 3.05) is 0 Å². The van der Waals surface area contributed by atoms with Gasteiger partial charge in [-0.15, -0.1) is 11.8 Å². The predicted molar refractivity (Wildman–Crippen MR) is 88.5 cm³/mol. The molecule has 120 valence electrons. The second-order valence-electron chi connectivity index (χ2n) is 7.66. The molecule has 0 aliphatic heterocycles. The van der Waals surface area contributed by atoms with Crippen molar-refractivity contribution < 1.29 is 9.21 Å². The van der Waals surface area contributed by atoms with Gasteiger partial charge >= 0.3 is 0 Å². The Morgan fingerprint density at radius 2 is 1.95 bits per heavy atom. The molecule has 4 aliphatic rings. The van der Waals surface area contributed by atoms with Crippen LogP contribution in [-0.4, -0.2) is 15.9 Å². The van der Waals surface area contributed by atoms with Crippen molar-refractivity contribution in [1.29, 1.82) is 0 Å². The minimum absolute atomic E-state index is 0.0335. The van der Waals surface area contributed by atoms with Gasteiger partial charge in [-0.1, -0.05) is 0 Å². The number of amides is 1. The van der Waals surface area contributed by atoms with E-state index < -0.39 is 0 Å². The summed E-state index contributed by atoms with van der Waals surface area (Å²) in [5.41, 5.74) is 0. The molecule has 5 rings (SSSR count). The molecule has 0 aromatic carbocycles. The van der Waals surface area contributed by atoms with Gasteiger partial charge in [-0.25, -0.2) is 0 Å². The molecule has 1 atom stereocenters. The molecular formula is C18H25NO2S. The van der Waals surface area contributed by atoms with Gasteiger partial charge < -0.3 is 9.73 Å². The number of rotatable bonds is 5. The van der Waals surface area contributed by atoms with Crippen LogP contribution in [0.15, 0.2) is 22.8 Å². The van der Waals surface area contributed by atoms with Crippen molar-refractivity contribution in [3.05, 3.63) is 24.2 Å². The van der Waals surface area contributed by atoms with Gasteiger partial charge in [-0.3, -0.25) is 4.79 Å². The molecule has 4 heteroatoms. The monoisotopic (exact) mass is 319 g/mol. The molecule has 1 heterocycles. The van der Waals surface area contributed by atoms with E-state index in [2.05, 4.69) is 12.2 Å². The average molecular weight is 319 g/mol. The molecule has 1 aromatic heterocycles. The van der Waals surface area contributed by atoms with E-state index in [0.29, 0.717) is 11.3 Å². The Bertz CT molecular complexity index is 504. The van der Waals surface area contributed by atoms with Crippen molar-refractivity contribution >= 4 is 17.7 Å². The highest BCUT2D eigenvalue weighted by atomic mass is 32.2. The van der Waals surface area contributed by atoms with Crippen LogP contribution in [0.1, 0.15) is 51.2 Å². The highest BCUT2D eigenvalue weighted by Crippen LogP contribution is 2.61. The smallest absolute Gasteiger partial charge is 0.233 e. The number of carbonyl (C=O) groups excluding carboxylic acids is 1. The Hall–Kier alpha value is -0.900. The Labute approximate surface area is 136 Å². The standard InChI is InChI=1S/C18H25NO2S/c1-12(17(20)19-11-16-3-2-4-21-16)22-18-8-13-5-14(9-18)7-15(6-13)10-18/h2-4,12-15H,5-11H2,1H3,(H,19,20)/t12-,13?,14?,15?,18?/m0/s1. The first-order chi connectivity index (χ1) is 10.6. The van der Waals surface area contributed by atoms with Crippen molar-refractivity contribution in [2.45, 2.75) is 62.0 Å². The number of nitrogens with one attached hydrogen (secondary N) is 1. The molecule has 0 unspecified atom stereocenters. The maximum Gasteiger partial charge on any atom is 0.233 e. The summed E-state index contributed by atoms with van der Waals surface area (Å²) in [6, 6.07) is 3.76. The summed E-state index contributed by atoms with van der Waals surface area (Å²) in [6.45, 7) is 2.57. The number of furan rings is 1. The van der Waals surface area contributed by atoms with E-state index >= 15 is 0 Å². The van der Waals surface area contributed by atoms with Crippen LogP contribution in [0.2, 0.25) is 0 Å². The summed E-state index contributed by atoms with van der Waals surface area (Å²) in [5.74, 6) is 3.80. The maximum atomic E-state index is 12.4. The summed E-state index contributed by atoms with van der Waals surface area (Å²) in [4.78, 5) is 12.4. The van der Waals surface area contributed by atoms with Crippen LogP contribution in [0.25, 0.3) is 0 Å². The molecule has 1 amide bonds. The molecular weight excluding hydrogens is 294 g/mol. The van der Waals surface area contributed by atoms with E-state index in [9.17, 15) is 4.79 Å². The fourth-order valence-corrected chi connectivity index (χ4v) is 7.27. The van der Waals surface area contributed by atoms with Crippen LogP contribution in [0.5, 0.6) is 0 Å². The zero-order chi connectivity index (χ0) is 15.2. The quantitative estimate of drug-likeness (QED) is 0.892. The van der Waals surface area contributed by atoms with Crippen molar-refractivity contribution in [1.82, 2.24) is 5.32 Å². The summed E-state index contributed by atoms with van der Waals surface area (Å²) >= 11 is 1.96. The summed E-state index contributed by atoms with van der Waals surface area (Å²) in [6.07, 6.45) is 10.1. The lowest BCUT2D eigenvalue weighted by Gasteiger charge is -2.57. The zero-order valence-corrected chi connectivity index (χ0v) is 14.0. The van der Waals surface area contributed by atoms with Gasteiger partial charge in [0.25, 0.3) is 0 Å². The second-order valence-corrected chi connectivity index (χ2v) is 9.47. The van der Waals surface area contributed by atoms with Gasteiger partial charge in [-0.05, 0) is 75.3 Å². The third kappa shape index (κ3) is 2.82. The topological polar surface area (TPSA) is 42.2 Å². The summed E-state index contributed by atoms with van der Waals surface area (Å²) in [7, 11) is 0. The van der Waals surface area contributed by atoms with Gasteiger partial charge in [0.05, 0.1) is 18.1 Å². The van der Waals surface area contributed by atoms with Crippen LogP contribution in [0, 0.1) is 17.8 Å². The third-order valence-corrected chi connectivity index (χ3v) is 7.36. The highest BCUT2D eigenvalue weighted by molar-refractivity contribution is 8.01. The van der Waals surface area contributed by atoms with Crippen molar-refractivity contribution in [2.24, 2.45) is 17.8 Å². The lowest BCUT2D eigenvalue weighted by Crippen LogP contribution is -2.50. The second kappa shape index (κ2) is 5.63. The van der Waals surface area contributed by atoms with Crippen LogP contribution < -0.4 is 5.32 Å². The fraction of sp³-hybridized carbons (Fsp3) is 0.722. The average Bonchev–Trinajstić information content (AvgIpc) is 2.95. The molecule has 4 aliphatic carbocycles. The molecule has 0 saturated heterocycles. The van der Waals surface area contributed by atoms with Crippen LogP contribution in [0.3, 0.4) is 0 Å². The molecule has 0 spiro atoms. The van der Waals surface area contributed by atoms with E-state index in [1.807, 2.05) is 23.9 Å². The SMILES string of the molecule is C[C@H](SC12CC3CC(CC(C3)C1)C2)C(=O)NCc1ccco1. The third-order valence-electron chi connectivity index (χ3n) is 5.80. The minimum atomic E-state index is 0.0335. The van der Waals surface area contributed by atoms with Gasteiger partial charge in [0, 0.05) is 4.75 Å². The first kappa shape index (κ1) is 14.7. The summed E-state index contributed by atoms with van der Waals surface area (Å²) < 4.78 is 5.68. The molecule has 4 saturated carbocycles. The van der Waals surface area contributed by atoms with E-state index in [4.69, 9.17) is 4.42 Å². The van der Waals surface area contributed by atoms with E-state index in [1.54, 1.807) is 6.26 Å². The largest absolute Gasteiger partial charge is 0.467 e. The molecule has 1 N–H and O–H groups in total. The lowest BCUT2D eigenvalue weighted by molar-refractivity contribution is -0.120. The molecule has 4 fully saturated rings. The number of carbonyl (C=O) groups is 1. The predicted octanol–water partition coefficient (Wildman–Crippen LogP) is 3.99. The molecule has 4 bridgehead atoms. The van der Waals surface area contributed by atoms with Crippen LogP contribution in [-0.2, 0) is 11.3 Å². The molecule has 1 aromatic rings. The first-order valence-corrected chi connectivity index (χ1v) is 9.48. The lowest BCUT2D eigenvalue weighted by atomic mass is 9.56. The van der Waals surface area contributed by atoms with Gasteiger partial charge in [0.2, 0.25) is 5.91 Å². The van der Waals surface area contributed by atoms with E-state index in [1.165, 1.54) is 38.5 Å². The number of hydrogen-bond acceptors (Lipinski definition) is 3. The van der Waals surface area contributed by atoms with Crippen molar-refractivity contribution in [3.8, 4) is 0 Å². The van der Waals surface area contributed by atoms with Gasteiger partial charge in [0.15, 0.2) is 0 Å². The Morgan fingerprint density at radius 3 is 2.50 bits per heavy atom. The maximum absolute atomic E-state index is 12.4. The Balaban J connectivity index is 1.35. The van der Waals surface area contributed by atoms with E-state index in [0.717, 1.165) is 23.5 Å². The minimum Gasteiger partial charge on any atom is -0.467 e. The molecule has 0 radical (unpaired) electrons. The first-order valence-electron chi connectivity index (χ1n) is 8.60. The molecule has 3 nitrogen and oxygen atoms in total. The van der Waals surface area contributed by atoms with Gasteiger partial charge in [0.1, 0.15) is 5.76 Å².